The third-order valence-electron chi connectivity index (χ3n) is 2.89. The van der Waals surface area contributed by atoms with Crippen LogP contribution in [0.15, 0.2) is 43.1 Å². The molecule has 0 atom stereocenters. The Hall–Kier alpha value is -2.76. The summed E-state index contributed by atoms with van der Waals surface area (Å²) >= 11 is 0. The number of esters is 1. The molecule has 0 radical (unpaired) electrons. The summed E-state index contributed by atoms with van der Waals surface area (Å²) in [5.74, 6) is -0.420. The van der Waals surface area contributed by atoms with Crippen molar-refractivity contribution in [1.29, 1.82) is 0 Å². The molecular formula is C14H12N4O2. The minimum atomic E-state index is -0.420. The molecule has 3 aromatic rings. The predicted octanol–water partition coefficient (Wildman–Crippen LogP) is 1.99. The summed E-state index contributed by atoms with van der Waals surface area (Å²) in [7, 11) is 0. The van der Waals surface area contributed by atoms with Crippen LogP contribution in [-0.2, 0) is 4.74 Å². The number of aromatic nitrogens is 4. The van der Waals surface area contributed by atoms with Gasteiger partial charge < -0.3 is 4.74 Å². The van der Waals surface area contributed by atoms with Crippen LogP contribution in [-0.4, -0.2) is 32.3 Å². The summed E-state index contributed by atoms with van der Waals surface area (Å²) in [5.41, 5.74) is 1.79. The number of fused-ring (bicyclic) bond motifs is 1. The quantitative estimate of drug-likeness (QED) is 0.679. The molecule has 0 amide bonds. The third-order valence-corrected chi connectivity index (χ3v) is 2.89. The van der Waals surface area contributed by atoms with Crippen LogP contribution in [0.2, 0.25) is 0 Å². The lowest BCUT2D eigenvalue weighted by molar-refractivity contribution is 0.0526. The summed E-state index contributed by atoms with van der Waals surface area (Å²) in [5, 5.41) is 4.93. The number of benzene rings is 1. The van der Waals surface area contributed by atoms with Gasteiger partial charge in [-0.1, -0.05) is 18.2 Å². The Balaban J connectivity index is 2.30. The first-order valence-electron chi connectivity index (χ1n) is 6.21. The number of nitrogens with zero attached hydrogens (tertiary/aromatic N) is 4. The monoisotopic (exact) mass is 268 g/mol. The van der Waals surface area contributed by atoms with Crippen molar-refractivity contribution in [2.45, 2.75) is 6.92 Å². The van der Waals surface area contributed by atoms with Crippen molar-refractivity contribution in [3.05, 3.63) is 48.7 Å². The molecule has 2 heterocycles. The third kappa shape index (κ3) is 2.01. The first-order valence-corrected chi connectivity index (χ1v) is 6.21. The van der Waals surface area contributed by atoms with Crippen molar-refractivity contribution in [3.63, 3.8) is 0 Å². The van der Waals surface area contributed by atoms with Crippen molar-refractivity contribution < 1.29 is 9.53 Å². The molecule has 0 saturated heterocycles. The van der Waals surface area contributed by atoms with E-state index in [4.69, 9.17) is 4.74 Å². The van der Waals surface area contributed by atoms with Crippen molar-refractivity contribution in [2.75, 3.05) is 6.61 Å². The zero-order valence-electron chi connectivity index (χ0n) is 10.9. The van der Waals surface area contributed by atoms with Crippen LogP contribution < -0.4 is 0 Å². The summed E-state index contributed by atoms with van der Waals surface area (Å²) in [4.78, 5) is 20.3. The van der Waals surface area contributed by atoms with Gasteiger partial charge in [0.05, 0.1) is 17.8 Å². The maximum atomic E-state index is 12.1. The highest BCUT2D eigenvalue weighted by molar-refractivity contribution is 6.01. The SMILES string of the molecule is CCOC(=O)c1cnc2ccccc2c1-n1cncn1. The van der Waals surface area contributed by atoms with E-state index in [9.17, 15) is 4.79 Å². The van der Waals surface area contributed by atoms with Crippen LogP contribution in [0.25, 0.3) is 16.6 Å². The number of hydrogen-bond acceptors (Lipinski definition) is 5. The van der Waals surface area contributed by atoms with E-state index >= 15 is 0 Å². The number of carbonyl (C=O) groups excluding carboxylic acids is 1. The minimum Gasteiger partial charge on any atom is -0.462 e. The van der Waals surface area contributed by atoms with Crippen LogP contribution >= 0.6 is 0 Å². The van der Waals surface area contributed by atoms with Crippen LogP contribution in [0, 0.1) is 0 Å². The fourth-order valence-corrected chi connectivity index (χ4v) is 2.06. The van der Waals surface area contributed by atoms with Gasteiger partial charge in [-0.15, -0.1) is 0 Å². The second-order valence-corrected chi connectivity index (χ2v) is 4.10. The van der Waals surface area contributed by atoms with E-state index in [0.717, 1.165) is 10.9 Å². The molecule has 0 aliphatic rings. The van der Waals surface area contributed by atoms with Gasteiger partial charge in [0.25, 0.3) is 0 Å². The number of carbonyl (C=O) groups is 1. The maximum Gasteiger partial charge on any atom is 0.341 e. The largest absolute Gasteiger partial charge is 0.462 e. The van der Waals surface area contributed by atoms with Crippen molar-refractivity contribution in [3.8, 4) is 5.69 Å². The van der Waals surface area contributed by atoms with Gasteiger partial charge in [-0.05, 0) is 13.0 Å². The summed E-state index contributed by atoms with van der Waals surface area (Å²) in [6.07, 6.45) is 4.48. The van der Waals surface area contributed by atoms with E-state index in [1.807, 2.05) is 24.3 Å². The highest BCUT2D eigenvalue weighted by Crippen LogP contribution is 2.24. The molecule has 0 aliphatic carbocycles. The molecule has 0 unspecified atom stereocenters. The Bertz CT molecular complexity index is 753. The summed E-state index contributed by atoms with van der Waals surface area (Å²) in [6, 6.07) is 7.55. The lowest BCUT2D eigenvalue weighted by Gasteiger charge is -2.11. The fourth-order valence-electron chi connectivity index (χ4n) is 2.06. The highest BCUT2D eigenvalue weighted by atomic mass is 16.5. The van der Waals surface area contributed by atoms with Gasteiger partial charge >= 0.3 is 5.97 Å². The minimum absolute atomic E-state index is 0.308. The molecule has 0 saturated carbocycles. The van der Waals surface area contributed by atoms with Crippen LogP contribution in [0.3, 0.4) is 0 Å². The van der Waals surface area contributed by atoms with E-state index in [1.165, 1.54) is 12.5 Å². The predicted molar refractivity (Wildman–Crippen MR) is 72.6 cm³/mol. The van der Waals surface area contributed by atoms with Gasteiger partial charge in [-0.2, -0.15) is 5.10 Å². The van der Waals surface area contributed by atoms with Crippen molar-refractivity contribution in [1.82, 2.24) is 19.7 Å². The normalized spacial score (nSPS) is 10.7. The smallest absolute Gasteiger partial charge is 0.341 e. The number of hydrogen-bond donors (Lipinski definition) is 0. The van der Waals surface area contributed by atoms with Crippen molar-refractivity contribution in [2.24, 2.45) is 0 Å². The average molecular weight is 268 g/mol. The Kier molecular flexibility index (Phi) is 3.12. The Morgan fingerprint density at radius 2 is 2.20 bits per heavy atom. The molecule has 6 heteroatoms. The Morgan fingerprint density at radius 1 is 1.35 bits per heavy atom. The molecule has 20 heavy (non-hydrogen) atoms. The van der Waals surface area contributed by atoms with Gasteiger partial charge in [-0.25, -0.2) is 14.5 Å². The fraction of sp³-hybridized carbons (Fsp3) is 0.143. The molecule has 1 aromatic carbocycles. The maximum absolute atomic E-state index is 12.1. The van der Waals surface area contributed by atoms with Gasteiger partial charge in [-0.3, -0.25) is 4.98 Å². The molecular weight excluding hydrogens is 256 g/mol. The van der Waals surface area contributed by atoms with E-state index in [1.54, 1.807) is 17.9 Å². The Morgan fingerprint density at radius 3 is 2.95 bits per heavy atom. The summed E-state index contributed by atoms with van der Waals surface area (Å²) in [6.45, 7) is 2.07. The van der Waals surface area contributed by atoms with E-state index in [-0.39, 0.29) is 0 Å². The Labute approximate surface area is 115 Å². The van der Waals surface area contributed by atoms with Gasteiger partial charge in [0.1, 0.15) is 18.2 Å². The van der Waals surface area contributed by atoms with E-state index in [0.29, 0.717) is 17.9 Å². The topological polar surface area (TPSA) is 69.9 Å². The molecule has 2 aromatic heterocycles. The highest BCUT2D eigenvalue weighted by Gasteiger charge is 2.18. The zero-order valence-corrected chi connectivity index (χ0v) is 10.9. The zero-order chi connectivity index (χ0) is 13.9. The van der Waals surface area contributed by atoms with E-state index in [2.05, 4.69) is 15.1 Å². The second kappa shape index (κ2) is 5.08. The van der Waals surface area contributed by atoms with Crippen LogP contribution in [0.1, 0.15) is 17.3 Å². The lowest BCUT2D eigenvalue weighted by atomic mass is 10.1. The van der Waals surface area contributed by atoms with Crippen LogP contribution in [0.4, 0.5) is 0 Å². The number of ether oxygens (including phenoxy) is 1. The van der Waals surface area contributed by atoms with Crippen molar-refractivity contribution >= 4 is 16.9 Å². The molecule has 100 valence electrons. The number of pyridine rings is 1. The van der Waals surface area contributed by atoms with Gasteiger partial charge in [0.2, 0.25) is 0 Å². The van der Waals surface area contributed by atoms with E-state index < -0.39 is 5.97 Å². The van der Waals surface area contributed by atoms with Gasteiger partial charge in [0.15, 0.2) is 0 Å². The molecule has 3 rings (SSSR count). The molecule has 0 fully saturated rings. The standard InChI is InChI=1S/C14H12N4O2/c1-2-20-14(19)11-7-16-12-6-4-3-5-10(12)13(11)18-9-15-8-17-18/h3-9H,2H2,1H3. The second-order valence-electron chi connectivity index (χ2n) is 4.10. The molecule has 0 spiro atoms. The molecule has 0 bridgehead atoms. The summed E-state index contributed by atoms with van der Waals surface area (Å²) < 4.78 is 6.63. The molecule has 0 aliphatic heterocycles. The number of rotatable bonds is 3. The molecule has 0 N–H and O–H groups in total. The number of para-hydroxylation sites is 1. The first-order chi connectivity index (χ1) is 9.81. The average Bonchev–Trinajstić information content (AvgIpc) is 3.00. The molecule has 6 nitrogen and oxygen atoms in total. The van der Waals surface area contributed by atoms with Gasteiger partial charge in [0, 0.05) is 11.6 Å². The first kappa shape index (κ1) is 12.3. The van der Waals surface area contributed by atoms with Crippen LogP contribution in [0.5, 0.6) is 0 Å². The lowest BCUT2D eigenvalue weighted by Crippen LogP contribution is -2.11.